The van der Waals surface area contributed by atoms with Crippen molar-refractivity contribution in [1.82, 2.24) is 4.90 Å². The molecule has 126 valence electrons. The molecule has 0 bridgehead atoms. The largest absolute Gasteiger partial charge is 0.493 e. The van der Waals surface area contributed by atoms with E-state index in [0.29, 0.717) is 13.2 Å². The third-order valence-electron chi connectivity index (χ3n) is 3.91. The van der Waals surface area contributed by atoms with E-state index in [2.05, 4.69) is 25.7 Å². The summed E-state index contributed by atoms with van der Waals surface area (Å²) < 4.78 is 5.68. The first kappa shape index (κ1) is 19.0. The first-order valence-corrected chi connectivity index (χ1v) is 8.76. The molecule has 22 heavy (non-hydrogen) atoms. The molecule has 0 spiro atoms. The maximum absolute atomic E-state index is 10.7. The molecule has 3 heteroatoms. The summed E-state index contributed by atoms with van der Waals surface area (Å²) in [4.78, 5) is 2.38. The van der Waals surface area contributed by atoms with E-state index < -0.39 is 6.10 Å². The summed E-state index contributed by atoms with van der Waals surface area (Å²) in [6, 6.07) is 6.06. The van der Waals surface area contributed by atoms with Gasteiger partial charge < -0.3 is 14.7 Å². The van der Waals surface area contributed by atoms with Gasteiger partial charge in [-0.05, 0) is 51.9 Å². The minimum atomic E-state index is -0.491. The molecule has 1 aromatic carbocycles. The van der Waals surface area contributed by atoms with E-state index in [4.69, 9.17) is 4.74 Å². The maximum atomic E-state index is 10.7. The normalized spacial score (nSPS) is 12.6. The van der Waals surface area contributed by atoms with Gasteiger partial charge in [0.15, 0.2) is 0 Å². The molecule has 1 aromatic rings. The fourth-order valence-corrected chi connectivity index (χ4v) is 2.62. The molecule has 1 N–H and O–H groups in total. The van der Waals surface area contributed by atoms with Gasteiger partial charge in [-0.25, -0.2) is 0 Å². The van der Waals surface area contributed by atoms with Crippen LogP contribution >= 0.6 is 0 Å². The highest BCUT2D eigenvalue weighted by Crippen LogP contribution is 2.27. The monoisotopic (exact) mass is 307 g/mol. The quantitative estimate of drug-likeness (QED) is 0.660. The third kappa shape index (κ3) is 6.37. The number of aryl methyl sites for hydroxylation is 1. The van der Waals surface area contributed by atoms with Crippen LogP contribution in [0.3, 0.4) is 0 Å². The standard InChI is InChI=1S/C19H33NO2/c1-5-8-12-20(13-9-6-2)15-18(21)17-14-16(4)10-11-19(17)22-7-3/h10-11,14,18,21H,5-9,12-13,15H2,1-4H3. The van der Waals surface area contributed by atoms with Crippen LogP contribution in [0, 0.1) is 6.92 Å². The molecule has 1 rings (SSSR count). The summed E-state index contributed by atoms with van der Waals surface area (Å²) in [6.45, 7) is 11.9. The van der Waals surface area contributed by atoms with Crippen molar-refractivity contribution >= 4 is 0 Å². The van der Waals surface area contributed by atoms with E-state index in [-0.39, 0.29) is 0 Å². The summed E-state index contributed by atoms with van der Waals surface area (Å²) in [5.41, 5.74) is 2.08. The molecule has 0 saturated carbocycles. The summed E-state index contributed by atoms with van der Waals surface area (Å²) in [5.74, 6) is 0.812. The Bertz CT molecular complexity index is 412. The average molecular weight is 307 g/mol. The lowest BCUT2D eigenvalue weighted by Gasteiger charge is -2.26. The number of ether oxygens (including phenoxy) is 1. The Hall–Kier alpha value is -1.06. The smallest absolute Gasteiger partial charge is 0.125 e. The van der Waals surface area contributed by atoms with Gasteiger partial charge in [0.05, 0.1) is 12.7 Å². The van der Waals surface area contributed by atoms with Crippen molar-refractivity contribution in [3.05, 3.63) is 29.3 Å². The van der Waals surface area contributed by atoms with Gasteiger partial charge in [0.25, 0.3) is 0 Å². The highest BCUT2D eigenvalue weighted by atomic mass is 16.5. The van der Waals surface area contributed by atoms with E-state index in [0.717, 1.165) is 30.0 Å². The molecule has 0 aliphatic heterocycles. The summed E-state index contributed by atoms with van der Waals surface area (Å²) >= 11 is 0. The van der Waals surface area contributed by atoms with E-state index in [9.17, 15) is 5.11 Å². The molecular formula is C19H33NO2. The number of aliphatic hydroxyl groups is 1. The van der Waals surface area contributed by atoms with Crippen molar-refractivity contribution in [2.24, 2.45) is 0 Å². The van der Waals surface area contributed by atoms with Crippen LogP contribution in [0.1, 0.15) is 63.7 Å². The Morgan fingerprint density at radius 2 is 1.73 bits per heavy atom. The Kier molecular flexibility index (Phi) is 9.17. The zero-order valence-corrected chi connectivity index (χ0v) is 14.8. The van der Waals surface area contributed by atoms with Crippen LogP contribution in [0.25, 0.3) is 0 Å². The Balaban J connectivity index is 2.78. The van der Waals surface area contributed by atoms with E-state index in [1.807, 2.05) is 25.1 Å². The van der Waals surface area contributed by atoms with Gasteiger partial charge in [0.2, 0.25) is 0 Å². The topological polar surface area (TPSA) is 32.7 Å². The Morgan fingerprint density at radius 1 is 1.09 bits per heavy atom. The van der Waals surface area contributed by atoms with E-state index >= 15 is 0 Å². The lowest BCUT2D eigenvalue weighted by Crippen LogP contribution is -2.31. The predicted octanol–water partition coefficient (Wildman–Crippen LogP) is 4.33. The molecule has 1 unspecified atom stereocenters. The number of rotatable bonds is 11. The fourth-order valence-electron chi connectivity index (χ4n) is 2.62. The second kappa shape index (κ2) is 10.6. The number of aliphatic hydroxyl groups excluding tert-OH is 1. The molecule has 0 radical (unpaired) electrons. The molecule has 0 saturated heterocycles. The number of benzene rings is 1. The molecule has 0 aromatic heterocycles. The van der Waals surface area contributed by atoms with Gasteiger partial charge in [-0.15, -0.1) is 0 Å². The molecule has 0 aliphatic rings. The van der Waals surface area contributed by atoms with E-state index in [1.54, 1.807) is 0 Å². The number of hydrogen-bond acceptors (Lipinski definition) is 3. The van der Waals surface area contributed by atoms with Crippen LogP contribution in [-0.2, 0) is 0 Å². The minimum absolute atomic E-state index is 0.491. The molecule has 0 heterocycles. The predicted molar refractivity (Wildman–Crippen MR) is 93.6 cm³/mol. The molecule has 1 atom stereocenters. The summed E-state index contributed by atoms with van der Waals surface area (Å²) in [6.07, 6.45) is 4.25. The van der Waals surface area contributed by atoms with Gasteiger partial charge in [-0.1, -0.05) is 38.3 Å². The van der Waals surface area contributed by atoms with Gasteiger partial charge >= 0.3 is 0 Å². The van der Waals surface area contributed by atoms with E-state index in [1.165, 1.54) is 25.7 Å². The van der Waals surface area contributed by atoms with Crippen molar-refractivity contribution in [2.45, 2.75) is 59.5 Å². The first-order chi connectivity index (χ1) is 10.6. The van der Waals surface area contributed by atoms with Gasteiger partial charge in [-0.2, -0.15) is 0 Å². The Morgan fingerprint density at radius 3 is 2.27 bits per heavy atom. The molecule has 0 amide bonds. The fraction of sp³-hybridized carbons (Fsp3) is 0.684. The van der Waals surface area contributed by atoms with Gasteiger partial charge in [-0.3, -0.25) is 0 Å². The summed E-state index contributed by atoms with van der Waals surface area (Å²) in [7, 11) is 0. The minimum Gasteiger partial charge on any atom is -0.493 e. The van der Waals surface area contributed by atoms with Crippen LogP contribution < -0.4 is 4.74 Å². The van der Waals surface area contributed by atoms with Crippen LogP contribution in [0.2, 0.25) is 0 Å². The SMILES string of the molecule is CCCCN(CCCC)CC(O)c1cc(C)ccc1OCC. The second-order valence-electron chi connectivity index (χ2n) is 6.00. The first-order valence-electron chi connectivity index (χ1n) is 8.76. The van der Waals surface area contributed by atoms with Gasteiger partial charge in [0, 0.05) is 12.1 Å². The molecule has 0 aliphatic carbocycles. The van der Waals surface area contributed by atoms with Crippen molar-refractivity contribution in [3.63, 3.8) is 0 Å². The number of nitrogens with zero attached hydrogens (tertiary/aromatic N) is 1. The molecular weight excluding hydrogens is 274 g/mol. The lowest BCUT2D eigenvalue weighted by molar-refractivity contribution is 0.108. The highest BCUT2D eigenvalue weighted by Gasteiger charge is 2.17. The lowest BCUT2D eigenvalue weighted by atomic mass is 10.0. The zero-order chi connectivity index (χ0) is 16.4. The third-order valence-corrected chi connectivity index (χ3v) is 3.91. The second-order valence-corrected chi connectivity index (χ2v) is 6.00. The van der Waals surface area contributed by atoms with Gasteiger partial charge in [0.1, 0.15) is 5.75 Å². The van der Waals surface area contributed by atoms with Crippen molar-refractivity contribution in [3.8, 4) is 5.75 Å². The molecule has 3 nitrogen and oxygen atoms in total. The van der Waals surface area contributed by atoms with Crippen LogP contribution in [-0.4, -0.2) is 36.2 Å². The zero-order valence-electron chi connectivity index (χ0n) is 14.8. The Labute approximate surface area is 136 Å². The summed E-state index contributed by atoms with van der Waals surface area (Å²) in [5, 5.41) is 10.7. The highest BCUT2D eigenvalue weighted by molar-refractivity contribution is 5.38. The molecule has 0 fully saturated rings. The van der Waals surface area contributed by atoms with Crippen LogP contribution in [0.15, 0.2) is 18.2 Å². The number of unbranched alkanes of at least 4 members (excludes halogenated alkanes) is 2. The maximum Gasteiger partial charge on any atom is 0.125 e. The van der Waals surface area contributed by atoms with Crippen molar-refractivity contribution in [1.29, 1.82) is 0 Å². The van der Waals surface area contributed by atoms with Crippen molar-refractivity contribution in [2.75, 3.05) is 26.2 Å². The average Bonchev–Trinajstić information content (AvgIpc) is 2.51. The van der Waals surface area contributed by atoms with Crippen molar-refractivity contribution < 1.29 is 9.84 Å². The number of hydrogen-bond donors (Lipinski definition) is 1. The van der Waals surface area contributed by atoms with Crippen LogP contribution in [0.4, 0.5) is 0 Å². The van der Waals surface area contributed by atoms with Crippen LogP contribution in [0.5, 0.6) is 5.75 Å².